The Labute approximate surface area is 139 Å². The van der Waals surface area contributed by atoms with Crippen LogP contribution in [0.3, 0.4) is 0 Å². The number of hydrogen-bond donors (Lipinski definition) is 0. The van der Waals surface area contributed by atoms with Crippen LogP contribution in [0.4, 0.5) is 0 Å². The first-order valence-electron chi connectivity index (χ1n) is 7.20. The van der Waals surface area contributed by atoms with Crippen LogP contribution in [0, 0.1) is 0 Å². The zero-order chi connectivity index (χ0) is 17.5. The minimum Gasteiger partial charge on any atom is -0.497 e. The number of carbonyl (C=O) groups excluding carboxylic acids is 2. The summed E-state index contributed by atoms with van der Waals surface area (Å²) in [5.41, 5.74) is 0.300. The first kappa shape index (κ1) is 17.3. The number of benzene rings is 2. The van der Waals surface area contributed by atoms with Crippen LogP contribution < -0.4 is 18.9 Å². The van der Waals surface area contributed by atoms with Gasteiger partial charge in [0.15, 0.2) is 12.4 Å². The Morgan fingerprint density at radius 3 is 2.04 bits per heavy atom. The molecule has 0 heterocycles. The van der Waals surface area contributed by atoms with Gasteiger partial charge < -0.3 is 18.9 Å². The third-order valence-corrected chi connectivity index (χ3v) is 3.21. The molecule has 0 aliphatic carbocycles. The van der Waals surface area contributed by atoms with Crippen LogP contribution in [0.15, 0.2) is 42.5 Å². The first-order valence-corrected chi connectivity index (χ1v) is 7.20. The molecule has 2 aromatic rings. The van der Waals surface area contributed by atoms with Crippen LogP contribution in [0.2, 0.25) is 0 Å². The van der Waals surface area contributed by atoms with E-state index < -0.39 is 5.97 Å². The van der Waals surface area contributed by atoms with E-state index in [2.05, 4.69) is 0 Å². The molecular weight excluding hydrogens is 312 g/mol. The summed E-state index contributed by atoms with van der Waals surface area (Å²) >= 11 is 0. The lowest BCUT2D eigenvalue weighted by Gasteiger charge is -2.11. The lowest BCUT2D eigenvalue weighted by atomic mass is 10.1. The van der Waals surface area contributed by atoms with Gasteiger partial charge in [0.2, 0.25) is 0 Å². The van der Waals surface area contributed by atoms with Gasteiger partial charge in [0.05, 0.1) is 19.8 Å². The number of Topliss-reactive ketones (excluding diaryl/α,β-unsaturated/α-hetero) is 1. The second-order valence-electron chi connectivity index (χ2n) is 4.86. The Morgan fingerprint density at radius 2 is 1.46 bits per heavy atom. The Bertz CT molecular complexity index is 721. The van der Waals surface area contributed by atoms with Crippen molar-refractivity contribution >= 4 is 11.8 Å². The molecule has 0 radical (unpaired) electrons. The van der Waals surface area contributed by atoms with Gasteiger partial charge in [0.1, 0.15) is 23.0 Å². The zero-order valence-electron chi connectivity index (χ0n) is 13.7. The quantitative estimate of drug-likeness (QED) is 0.442. The summed E-state index contributed by atoms with van der Waals surface area (Å²) in [6, 6.07) is 11.5. The van der Waals surface area contributed by atoms with Gasteiger partial charge in [-0.2, -0.15) is 0 Å². The van der Waals surface area contributed by atoms with Gasteiger partial charge in [-0.15, -0.1) is 0 Å². The van der Waals surface area contributed by atoms with Crippen molar-refractivity contribution in [3.8, 4) is 23.0 Å². The van der Waals surface area contributed by atoms with E-state index in [1.54, 1.807) is 43.5 Å². The van der Waals surface area contributed by atoms with Gasteiger partial charge >= 0.3 is 5.97 Å². The summed E-state index contributed by atoms with van der Waals surface area (Å²) in [6.45, 7) is 1.11. The van der Waals surface area contributed by atoms with Crippen LogP contribution in [-0.4, -0.2) is 32.6 Å². The van der Waals surface area contributed by atoms with E-state index in [4.69, 9.17) is 18.9 Å². The molecule has 2 aromatic carbocycles. The summed E-state index contributed by atoms with van der Waals surface area (Å²) < 4.78 is 20.7. The molecule has 0 unspecified atom stereocenters. The normalized spacial score (nSPS) is 9.96. The van der Waals surface area contributed by atoms with Crippen LogP contribution in [0.25, 0.3) is 0 Å². The molecule has 0 aliphatic rings. The SMILES string of the molecule is COc1ccc(OCC(=O)Oc2cc(OC)ccc2C(C)=O)cc1. The van der Waals surface area contributed by atoms with E-state index in [-0.39, 0.29) is 18.1 Å². The predicted molar refractivity (Wildman–Crippen MR) is 87.1 cm³/mol. The highest BCUT2D eigenvalue weighted by molar-refractivity contribution is 5.97. The van der Waals surface area contributed by atoms with Crippen molar-refractivity contribution in [1.82, 2.24) is 0 Å². The zero-order valence-corrected chi connectivity index (χ0v) is 13.7. The predicted octanol–water partition coefficient (Wildman–Crippen LogP) is 2.89. The fourth-order valence-corrected chi connectivity index (χ4v) is 1.97. The maximum atomic E-state index is 12.0. The largest absolute Gasteiger partial charge is 0.497 e. The molecule has 6 nitrogen and oxygen atoms in total. The maximum Gasteiger partial charge on any atom is 0.349 e. The molecule has 0 atom stereocenters. The molecule has 0 spiro atoms. The summed E-state index contributed by atoms with van der Waals surface area (Å²) in [5.74, 6) is 0.986. The summed E-state index contributed by atoms with van der Waals surface area (Å²) in [7, 11) is 3.05. The molecule has 0 bridgehead atoms. The number of hydrogen-bond acceptors (Lipinski definition) is 6. The highest BCUT2D eigenvalue weighted by atomic mass is 16.6. The summed E-state index contributed by atoms with van der Waals surface area (Å²) in [6.07, 6.45) is 0. The Hall–Kier alpha value is -3.02. The average molecular weight is 330 g/mol. The van der Waals surface area contributed by atoms with Crippen molar-refractivity contribution in [2.75, 3.05) is 20.8 Å². The monoisotopic (exact) mass is 330 g/mol. The second-order valence-corrected chi connectivity index (χ2v) is 4.86. The van der Waals surface area contributed by atoms with Gasteiger partial charge in [-0.1, -0.05) is 0 Å². The molecule has 0 amide bonds. The number of esters is 1. The Balaban J connectivity index is 2.02. The van der Waals surface area contributed by atoms with E-state index in [1.807, 2.05) is 0 Å². The molecule has 0 saturated carbocycles. The maximum absolute atomic E-state index is 12.0. The second kappa shape index (κ2) is 8.01. The molecule has 24 heavy (non-hydrogen) atoms. The van der Waals surface area contributed by atoms with Crippen LogP contribution in [0.5, 0.6) is 23.0 Å². The highest BCUT2D eigenvalue weighted by Crippen LogP contribution is 2.25. The average Bonchev–Trinajstić information content (AvgIpc) is 2.60. The molecule has 2 rings (SSSR count). The van der Waals surface area contributed by atoms with E-state index in [9.17, 15) is 9.59 Å². The van der Waals surface area contributed by atoms with E-state index in [0.29, 0.717) is 22.8 Å². The van der Waals surface area contributed by atoms with E-state index in [1.165, 1.54) is 20.1 Å². The standard InChI is InChI=1S/C18H18O6/c1-12(19)16-9-8-15(22-3)10-17(16)24-18(20)11-23-14-6-4-13(21-2)5-7-14/h4-10H,11H2,1-3H3. The topological polar surface area (TPSA) is 71.1 Å². The number of carbonyl (C=O) groups is 2. The van der Waals surface area contributed by atoms with Crippen molar-refractivity contribution in [2.24, 2.45) is 0 Å². The third kappa shape index (κ3) is 4.49. The molecule has 0 aliphatic heterocycles. The lowest BCUT2D eigenvalue weighted by molar-refractivity contribution is -0.136. The number of rotatable bonds is 7. The Kier molecular flexibility index (Phi) is 5.78. The first-order chi connectivity index (χ1) is 11.5. The molecule has 6 heteroatoms. The Morgan fingerprint density at radius 1 is 0.875 bits per heavy atom. The molecule has 0 N–H and O–H groups in total. The molecule has 126 valence electrons. The highest BCUT2D eigenvalue weighted by Gasteiger charge is 2.14. The van der Waals surface area contributed by atoms with Crippen LogP contribution in [0.1, 0.15) is 17.3 Å². The molecule has 0 saturated heterocycles. The fourth-order valence-electron chi connectivity index (χ4n) is 1.97. The van der Waals surface area contributed by atoms with Crippen molar-refractivity contribution in [3.63, 3.8) is 0 Å². The van der Waals surface area contributed by atoms with Gasteiger partial charge in [0.25, 0.3) is 0 Å². The minimum absolute atomic E-state index is 0.144. The van der Waals surface area contributed by atoms with Crippen molar-refractivity contribution in [1.29, 1.82) is 0 Å². The van der Waals surface area contributed by atoms with Gasteiger partial charge in [0, 0.05) is 6.07 Å². The van der Waals surface area contributed by atoms with Crippen molar-refractivity contribution in [2.45, 2.75) is 6.92 Å². The third-order valence-electron chi connectivity index (χ3n) is 3.21. The smallest absolute Gasteiger partial charge is 0.349 e. The molecule has 0 aromatic heterocycles. The van der Waals surface area contributed by atoms with E-state index >= 15 is 0 Å². The van der Waals surface area contributed by atoms with E-state index in [0.717, 1.165) is 0 Å². The summed E-state index contributed by atoms with van der Waals surface area (Å²) in [5, 5.41) is 0. The lowest BCUT2D eigenvalue weighted by Crippen LogP contribution is -2.18. The van der Waals surface area contributed by atoms with Gasteiger partial charge in [-0.3, -0.25) is 4.79 Å². The van der Waals surface area contributed by atoms with Crippen LogP contribution >= 0.6 is 0 Å². The molecule has 0 fully saturated rings. The van der Waals surface area contributed by atoms with Crippen LogP contribution in [-0.2, 0) is 4.79 Å². The number of methoxy groups -OCH3 is 2. The number of ketones is 1. The van der Waals surface area contributed by atoms with Crippen molar-refractivity contribution < 1.29 is 28.5 Å². The summed E-state index contributed by atoms with van der Waals surface area (Å²) in [4.78, 5) is 23.6. The van der Waals surface area contributed by atoms with Gasteiger partial charge in [-0.05, 0) is 43.3 Å². The molecular formula is C18H18O6. The van der Waals surface area contributed by atoms with Gasteiger partial charge in [-0.25, -0.2) is 4.79 Å². The fraction of sp³-hybridized carbons (Fsp3) is 0.222. The minimum atomic E-state index is -0.624. The van der Waals surface area contributed by atoms with Crippen molar-refractivity contribution in [3.05, 3.63) is 48.0 Å². The number of ether oxygens (including phenoxy) is 4.